The van der Waals surface area contributed by atoms with Crippen LogP contribution < -0.4 is 0 Å². The predicted molar refractivity (Wildman–Crippen MR) is 54.9 cm³/mol. The van der Waals surface area contributed by atoms with E-state index in [9.17, 15) is 4.39 Å². The molecule has 0 amide bonds. The number of allylic oxidation sites excluding steroid dienone is 1. The molecule has 1 rings (SSSR count). The molecule has 0 aromatic heterocycles. The molecular weight excluding hydrogens is 163 g/mol. The molecule has 0 saturated carbocycles. The molecule has 0 heterocycles. The molecule has 0 N–H and O–H groups in total. The molecule has 0 aliphatic heterocycles. The number of rotatable bonds is 1. The molecular formula is C12H15F. The first-order valence-corrected chi connectivity index (χ1v) is 4.36. The molecule has 13 heavy (non-hydrogen) atoms. The van der Waals surface area contributed by atoms with Crippen LogP contribution in [0, 0.1) is 11.2 Å². The molecule has 0 radical (unpaired) electrons. The van der Waals surface area contributed by atoms with Crippen molar-refractivity contribution in [1.29, 1.82) is 0 Å². The second-order valence-electron chi connectivity index (χ2n) is 4.24. The van der Waals surface area contributed by atoms with Crippen LogP contribution in [-0.4, -0.2) is 0 Å². The summed E-state index contributed by atoms with van der Waals surface area (Å²) < 4.78 is 12.6. The first kappa shape index (κ1) is 9.97. The zero-order valence-corrected chi connectivity index (χ0v) is 8.39. The molecule has 0 unspecified atom stereocenters. The van der Waals surface area contributed by atoms with E-state index < -0.39 is 0 Å². The van der Waals surface area contributed by atoms with Crippen LogP contribution in [0.4, 0.5) is 4.39 Å². The maximum Gasteiger partial charge on any atom is 0.123 e. The molecule has 0 saturated heterocycles. The van der Waals surface area contributed by atoms with Gasteiger partial charge in [0.05, 0.1) is 0 Å². The monoisotopic (exact) mass is 178 g/mol. The second-order valence-corrected chi connectivity index (χ2v) is 4.24. The normalized spacial score (nSPS) is 11.4. The van der Waals surface area contributed by atoms with Gasteiger partial charge in [0.25, 0.3) is 0 Å². The summed E-state index contributed by atoms with van der Waals surface area (Å²) in [5.74, 6) is -0.203. The van der Waals surface area contributed by atoms with Crippen molar-refractivity contribution in [1.82, 2.24) is 0 Å². The predicted octanol–water partition coefficient (Wildman–Crippen LogP) is 3.89. The van der Waals surface area contributed by atoms with Gasteiger partial charge in [0, 0.05) is 0 Å². The molecule has 1 aromatic carbocycles. The van der Waals surface area contributed by atoms with E-state index in [-0.39, 0.29) is 11.2 Å². The van der Waals surface area contributed by atoms with Crippen molar-refractivity contribution in [3.63, 3.8) is 0 Å². The highest BCUT2D eigenvalue weighted by atomic mass is 19.1. The van der Waals surface area contributed by atoms with Crippen LogP contribution in [0.25, 0.3) is 5.57 Å². The Kier molecular flexibility index (Phi) is 2.55. The SMILES string of the molecule is C=C(c1ccc(F)cc1)C(C)(C)C. The maximum atomic E-state index is 12.6. The van der Waals surface area contributed by atoms with E-state index in [0.29, 0.717) is 0 Å². The summed E-state index contributed by atoms with van der Waals surface area (Å²) in [7, 11) is 0. The number of halogens is 1. The molecule has 0 aliphatic rings. The highest BCUT2D eigenvalue weighted by molar-refractivity contribution is 5.67. The Morgan fingerprint density at radius 3 is 2.00 bits per heavy atom. The van der Waals surface area contributed by atoms with Crippen LogP contribution in [-0.2, 0) is 0 Å². The Bertz CT molecular complexity index is 301. The third kappa shape index (κ3) is 2.41. The van der Waals surface area contributed by atoms with Crippen molar-refractivity contribution in [2.45, 2.75) is 20.8 Å². The summed E-state index contributed by atoms with van der Waals surface area (Å²) >= 11 is 0. The van der Waals surface area contributed by atoms with Gasteiger partial charge < -0.3 is 0 Å². The van der Waals surface area contributed by atoms with Crippen molar-refractivity contribution >= 4 is 5.57 Å². The zero-order valence-electron chi connectivity index (χ0n) is 8.39. The van der Waals surface area contributed by atoms with Crippen LogP contribution in [0.3, 0.4) is 0 Å². The third-order valence-electron chi connectivity index (χ3n) is 2.10. The lowest BCUT2D eigenvalue weighted by Crippen LogP contribution is -2.06. The smallest absolute Gasteiger partial charge is 0.123 e. The fraction of sp³-hybridized carbons (Fsp3) is 0.333. The summed E-state index contributed by atoms with van der Waals surface area (Å²) in [6.07, 6.45) is 0. The first-order chi connectivity index (χ1) is 5.91. The largest absolute Gasteiger partial charge is 0.207 e. The lowest BCUT2D eigenvalue weighted by atomic mass is 9.83. The van der Waals surface area contributed by atoms with Crippen LogP contribution in [0.5, 0.6) is 0 Å². The molecule has 0 atom stereocenters. The number of hydrogen-bond acceptors (Lipinski definition) is 0. The summed E-state index contributed by atoms with van der Waals surface area (Å²) in [6.45, 7) is 10.3. The van der Waals surface area contributed by atoms with Crippen LogP contribution in [0.2, 0.25) is 0 Å². The quantitative estimate of drug-likeness (QED) is 0.612. The van der Waals surface area contributed by atoms with Gasteiger partial charge >= 0.3 is 0 Å². The van der Waals surface area contributed by atoms with Gasteiger partial charge in [0.2, 0.25) is 0 Å². The lowest BCUT2D eigenvalue weighted by Gasteiger charge is -2.21. The minimum atomic E-state index is -0.203. The molecule has 1 heteroatoms. The Morgan fingerprint density at radius 2 is 1.62 bits per heavy atom. The molecule has 0 nitrogen and oxygen atoms in total. The average Bonchev–Trinajstić information content (AvgIpc) is 2.03. The summed E-state index contributed by atoms with van der Waals surface area (Å²) in [4.78, 5) is 0. The summed E-state index contributed by atoms with van der Waals surface area (Å²) in [6, 6.07) is 6.46. The van der Waals surface area contributed by atoms with Gasteiger partial charge in [-0.25, -0.2) is 4.39 Å². The fourth-order valence-corrected chi connectivity index (χ4v) is 1.08. The summed E-state index contributed by atoms with van der Waals surface area (Å²) in [5.41, 5.74) is 2.08. The molecule has 0 bridgehead atoms. The van der Waals surface area contributed by atoms with Crippen molar-refractivity contribution < 1.29 is 4.39 Å². The van der Waals surface area contributed by atoms with E-state index in [1.807, 2.05) is 0 Å². The number of hydrogen-bond donors (Lipinski definition) is 0. The minimum Gasteiger partial charge on any atom is -0.207 e. The first-order valence-electron chi connectivity index (χ1n) is 4.36. The van der Waals surface area contributed by atoms with E-state index in [1.165, 1.54) is 12.1 Å². The van der Waals surface area contributed by atoms with E-state index in [4.69, 9.17) is 0 Å². The standard InChI is InChI=1S/C12H15F/c1-9(12(2,3)4)10-5-7-11(13)8-6-10/h5-8H,1H2,2-4H3. The highest BCUT2D eigenvalue weighted by Gasteiger charge is 2.15. The molecule has 0 spiro atoms. The third-order valence-corrected chi connectivity index (χ3v) is 2.10. The topological polar surface area (TPSA) is 0 Å². The fourth-order valence-electron chi connectivity index (χ4n) is 1.08. The van der Waals surface area contributed by atoms with E-state index in [0.717, 1.165) is 11.1 Å². The van der Waals surface area contributed by atoms with Gasteiger partial charge in [-0.15, -0.1) is 0 Å². The lowest BCUT2D eigenvalue weighted by molar-refractivity contribution is 0.567. The van der Waals surface area contributed by atoms with Crippen LogP contribution in [0.1, 0.15) is 26.3 Å². The highest BCUT2D eigenvalue weighted by Crippen LogP contribution is 2.31. The molecule has 0 aliphatic carbocycles. The van der Waals surface area contributed by atoms with E-state index in [1.54, 1.807) is 12.1 Å². The molecule has 0 fully saturated rings. The van der Waals surface area contributed by atoms with Crippen LogP contribution in [0.15, 0.2) is 30.8 Å². The maximum absolute atomic E-state index is 12.6. The van der Waals surface area contributed by atoms with Crippen molar-refractivity contribution in [3.05, 3.63) is 42.2 Å². The van der Waals surface area contributed by atoms with E-state index >= 15 is 0 Å². The molecule has 70 valence electrons. The Labute approximate surface area is 79.1 Å². The van der Waals surface area contributed by atoms with Gasteiger partial charge in [0.1, 0.15) is 5.82 Å². The van der Waals surface area contributed by atoms with Gasteiger partial charge in [-0.05, 0) is 28.7 Å². The second kappa shape index (κ2) is 3.33. The van der Waals surface area contributed by atoms with Gasteiger partial charge in [-0.1, -0.05) is 39.5 Å². The average molecular weight is 178 g/mol. The Balaban J connectivity index is 2.97. The minimum absolute atomic E-state index is 0.0395. The molecule has 1 aromatic rings. The van der Waals surface area contributed by atoms with Gasteiger partial charge in [-0.3, -0.25) is 0 Å². The Hall–Kier alpha value is -1.11. The van der Waals surface area contributed by atoms with Gasteiger partial charge in [0.15, 0.2) is 0 Å². The summed E-state index contributed by atoms with van der Waals surface area (Å²) in [5, 5.41) is 0. The van der Waals surface area contributed by atoms with Crippen molar-refractivity contribution in [2.24, 2.45) is 5.41 Å². The zero-order chi connectivity index (χ0) is 10.1. The van der Waals surface area contributed by atoms with E-state index in [2.05, 4.69) is 27.4 Å². The Morgan fingerprint density at radius 1 is 1.15 bits per heavy atom. The van der Waals surface area contributed by atoms with Crippen molar-refractivity contribution in [3.8, 4) is 0 Å². The number of benzene rings is 1. The van der Waals surface area contributed by atoms with Crippen LogP contribution >= 0.6 is 0 Å². The van der Waals surface area contributed by atoms with Gasteiger partial charge in [-0.2, -0.15) is 0 Å². The van der Waals surface area contributed by atoms with Crippen molar-refractivity contribution in [2.75, 3.05) is 0 Å².